The normalized spacial score (nSPS) is 11.9. The number of hydrogen-bond donors (Lipinski definition) is 1. The molecule has 96 valence electrons. The van der Waals surface area contributed by atoms with Crippen LogP contribution in [0.15, 0.2) is 30.3 Å². The highest BCUT2D eigenvalue weighted by molar-refractivity contribution is 5.97. The zero-order valence-corrected chi connectivity index (χ0v) is 10.8. The minimum atomic E-state index is -0.538. The lowest BCUT2D eigenvalue weighted by atomic mass is 10.0. The van der Waals surface area contributed by atoms with Crippen LogP contribution in [0.25, 0.3) is 0 Å². The van der Waals surface area contributed by atoms with Gasteiger partial charge in [-0.25, -0.2) is 0 Å². The van der Waals surface area contributed by atoms with Gasteiger partial charge in [-0.15, -0.1) is 0 Å². The number of rotatable bonds is 5. The minimum absolute atomic E-state index is 0.0748. The minimum Gasteiger partial charge on any atom is -0.320 e. The fraction of sp³-hybridized carbons (Fsp3) is 0.429. The van der Waals surface area contributed by atoms with Gasteiger partial charge in [0.2, 0.25) is 5.91 Å². The van der Waals surface area contributed by atoms with Gasteiger partial charge in [0.1, 0.15) is 0 Å². The Morgan fingerprint density at radius 2 is 2.00 bits per heavy atom. The fourth-order valence-electron chi connectivity index (χ4n) is 1.60. The summed E-state index contributed by atoms with van der Waals surface area (Å²) in [5.41, 5.74) is 6.68. The Hall–Kier alpha value is -1.86. The first-order valence-electron chi connectivity index (χ1n) is 6.07. The molecule has 0 saturated carbocycles. The van der Waals surface area contributed by atoms with Crippen molar-refractivity contribution < 1.29 is 4.79 Å². The van der Waals surface area contributed by atoms with Gasteiger partial charge in [0.05, 0.1) is 18.5 Å². The number of benzene rings is 1. The van der Waals surface area contributed by atoms with Crippen LogP contribution >= 0.6 is 0 Å². The van der Waals surface area contributed by atoms with Crippen LogP contribution in [0.2, 0.25) is 0 Å². The number of para-hydroxylation sites is 1. The number of carbonyl (C=O) groups excluding carboxylic acids is 1. The van der Waals surface area contributed by atoms with Gasteiger partial charge in [-0.3, -0.25) is 4.79 Å². The van der Waals surface area contributed by atoms with Crippen LogP contribution in [-0.4, -0.2) is 18.5 Å². The summed E-state index contributed by atoms with van der Waals surface area (Å²) in [6, 6.07) is 10.8. The molecule has 4 heteroatoms. The van der Waals surface area contributed by atoms with Gasteiger partial charge in [0.15, 0.2) is 0 Å². The Kier molecular flexibility index (Phi) is 5.34. The Morgan fingerprint density at radius 1 is 1.39 bits per heavy atom. The smallest absolute Gasteiger partial charge is 0.244 e. The van der Waals surface area contributed by atoms with E-state index in [4.69, 9.17) is 11.0 Å². The number of nitrogens with zero attached hydrogens (tertiary/aromatic N) is 2. The lowest BCUT2D eigenvalue weighted by molar-refractivity contribution is -0.120. The van der Waals surface area contributed by atoms with Crippen molar-refractivity contribution in [1.29, 1.82) is 5.26 Å². The Balaban J connectivity index is 2.92. The molecule has 1 amide bonds. The van der Waals surface area contributed by atoms with Crippen LogP contribution in [0.3, 0.4) is 0 Å². The molecule has 0 saturated heterocycles. The summed E-state index contributed by atoms with van der Waals surface area (Å²) >= 11 is 0. The van der Waals surface area contributed by atoms with Crippen LogP contribution in [0.5, 0.6) is 0 Å². The van der Waals surface area contributed by atoms with E-state index in [1.165, 1.54) is 0 Å². The van der Waals surface area contributed by atoms with Crippen molar-refractivity contribution in [2.24, 2.45) is 11.7 Å². The maximum absolute atomic E-state index is 12.3. The highest BCUT2D eigenvalue weighted by atomic mass is 16.2. The molecule has 1 aromatic carbocycles. The molecule has 18 heavy (non-hydrogen) atoms. The monoisotopic (exact) mass is 245 g/mol. The van der Waals surface area contributed by atoms with Gasteiger partial charge in [-0.05, 0) is 18.1 Å². The molecule has 0 aliphatic rings. The van der Waals surface area contributed by atoms with E-state index in [9.17, 15) is 4.79 Å². The molecule has 2 N–H and O–H groups in total. The first-order valence-corrected chi connectivity index (χ1v) is 6.07. The average molecular weight is 245 g/mol. The van der Waals surface area contributed by atoms with Crippen molar-refractivity contribution in [3.05, 3.63) is 30.3 Å². The van der Waals surface area contributed by atoms with Crippen LogP contribution in [0.4, 0.5) is 5.69 Å². The first kappa shape index (κ1) is 14.2. The number of nitrogens with two attached hydrogens (primary N) is 1. The van der Waals surface area contributed by atoms with Crippen molar-refractivity contribution >= 4 is 11.6 Å². The van der Waals surface area contributed by atoms with Gasteiger partial charge in [0.25, 0.3) is 0 Å². The molecular formula is C14H19N3O. The van der Waals surface area contributed by atoms with Crippen molar-refractivity contribution in [2.45, 2.75) is 26.3 Å². The lowest BCUT2D eigenvalue weighted by Gasteiger charge is -2.26. The van der Waals surface area contributed by atoms with E-state index in [-0.39, 0.29) is 11.8 Å². The molecule has 0 radical (unpaired) electrons. The second-order valence-corrected chi connectivity index (χ2v) is 4.50. The second kappa shape index (κ2) is 6.77. The average Bonchev–Trinajstić information content (AvgIpc) is 2.39. The zero-order chi connectivity index (χ0) is 13.5. The molecule has 0 fully saturated rings. The molecule has 0 bridgehead atoms. The van der Waals surface area contributed by atoms with Crippen molar-refractivity contribution in [3.8, 4) is 6.07 Å². The Morgan fingerprint density at radius 3 is 2.50 bits per heavy atom. The summed E-state index contributed by atoms with van der Waals surface area (Å²) in [5, 5.41) is 8.67. The molecule has 0 unspecified atom stereocenters. The quantitative estimate of drug-likeness (QED) is 0.861. The molecule has 0 spiro atoms. The molecule has 0 aliphatic carbocycles. The number of anilines is 1. The summed E-state index contributed by atoms with van der Waals surface area (Å²) in [6.45, 7) is 4.20. The zero-order valence-electron chi connectivity index (χ0n) is 10.8. The van der Waals surface area contributed by atoms with Crippen molar-refractivity contribution in [2.75, 3.05) is 11.4 Å². The highest BCUT2D eigenvalue weighted by Crippen LogP contribution is 2.16. The molecule has 1 rings (SSSR count). The van der Waals surface area contributed by atoms with Crippen LogP contribution in [0, 0.1) is 17.2 Å². The molecule has 4 nitrogen and oxygen atoms in total. The number of amides is 1. The van der Waals surface area contributed by atoms with E-state index in [1.54, 1.807) is 4.90 Å². The van der Waals surface area contributed by atoms with E-state index in [1.807, 2.05) is 44.2 Å². The van der Waals surface area contributed by atoms with Crippen LogP contribution < -0.4 is 10.6 Å². The maximum Gasteiger partial charge on any atom is 0.244 e. The number of carbonyl (C=O) groups is 1. The van der Waals surface area contributed by atoms with E-state index in [2.05, 4.69) is 6.07 Å². The molecular weight excluding hydrogens is 226 g/mol. The summed E-state index contributed by atoms with van der Waals surface area (Å²) in [4.78, 5) is 13.9. The molecule has 0 heterocycles. The molecule has 0 aromatic heterocycles. The van der Waals surface area contributed by atoms with E-state index in [0.29, 0.717) is 13.0 Å². The fourth-order valence-corrected chi connectivity index (χ4v) is 1.60. The Bertz CT molecular complexity index is 422. The van der Waals surface area contributed by atoms with Gasteiger partial charge in [0, 0.05) is 12.2 Å². The third kappa shape index (κ3) is 3.57. The van der Waals surface area contributed by atoms with Gasteiger partial charge < -0.3 is 10.6 Å². The van der Waals surface area contributed by atoms with Gasteiger partial charge in [-0.1, -0.05) is 32.0 Å². The van der Waals surface area contributed by atoms with Gasteiger partial charge >= 0.3 is 0 Å². The number of hydrogen-bond acceptors (Lipinski definition) is 3. The Labute approximate surface area is 108 Å². The van der Waals surface area contributed by atoms with E-state index in [0.717, 1.165) is 5.69 Å². The number of nitriles is 1. The van der Waals surface area contributed by atoms with Crippen molar-refractivity contribution in [1.82, 2.24) is 0 Å². The first-order chi connectivity index (χ1) is 8.57. The van der Waals surface area contributed by atoms with Crippen LogP contribution in [-0.2, 0) is 4.79 Å². The maximum atomic E-state index is 12.3. The van der Waals surface area contributed by atoms with Gasteiger partial charge in [-0.2, -0.15) is 5.26 Å². The summed E-state index contributed by atoms with van der Waals surface area (Å²) < 4.78 is 0. The summed E-state index contributed by atoms with van der Waals surface area (Å²) in [7, 11) is 0. The van der Waals surface area contributed by atoms with E-state index < -0.39 is 6.04 Å². The third-order valence-electron chi connectivity index (χ3n) is 2.78. The summed E-state index contributed by atoms with van der Waals surface area (Å²) in [6.07, 6.45) is 0.297. The largest absolute Gasteiger partial charge is 0.320 e. The summed E-state index contributed by atoms with van der Waals surface area (Å²) in [5.74, 6) is -0.0581. The lowest BCUT2D eigenvalue weighted by Crippen LogP contribution is -2.47. The van der Waals surface area contributed by atoms with E-state index >= 15 is 0 Å². The molecule has 1 atom stereocenters. The molecule has 1 aromatic rings. The van der Waals surface area contributed by atoms with Crippen LogP contribution in [0.1, 0.15) is 20.3 Å². The highest BCUT2D eigenvalue weighted by Gasteiger charge is 2.24. The second-order valence-electron chi connectivity index (χ2n) is 4.50. The molecule has 0 aliphatic heterocycles. The predicted molar refractivity (Wildman–Crippen MR) is 71.8 cm³/mol. The van der Waals surface area contributed by atoms with Crippen molar-refractivity contribution in [3.63, 3.8) is 0 Å². The third-order valence-corrected chi connectivity index (χ3v) is 2.78. The predicted octanol–water partition coefficient (Wildman–Crippen LogP) is 1.92. The SMILES string of the molecule is CC(C)[C@@H](N)C(=O)N(CCC#N)c1ccccc1. The standard InChI is InChI=1S/C14H19N3O/c1-11(2)13(16)14(18)17(10-6-9-15)12-7-4-3-5-8-12/h3-5,7-8,11,13H,6,10,16H2,1-2H3/t13-/m1/s1. The topological polar surface area (TPSA) is 70.1 Å².